The fourth-order valence-electron chi connectivity index (χ4n) is 3.60. The van der Waals surface area contributed by atoms with Crippen LogP contribution in [0.25, 0.3) is 0 Å². The third kappa shape index (κ3) is 6.06. The topological polar surface area (TPSA) is 75.7 Å². The maximum absolute atomic E-state index is 12.7. The molecule has 0 atom stereocenters. The van der Waals surface area contributed by atoms with Crippen molar-refractivity contribution in [3.05, 3.63) is 64.1 Å². The van der Waals surface area contributed by atoms with E-state index in [-0.39, 0.29) is 17.6 Å². The molecule has 0 bridgehead atoms. The number of nitrogens with one attached hydrogen (secondary N) is 1. The SMILES string of the molecule is CCOc1ccccc1CNC(=O)C1CCN(S(=O)(=O)Cc2cccc(Br)c2)CC1. The monoisotopic (exact) mass is 494 g/mol. The number of carbonyl (C=O) groups is 1. The van der Waals surface area contributed by atoms with E-state index in [9.17, 15) is 13.2 Å². The Morgan fingerprint density at radius 3 is 2.60 bits per heavy atom. The zero-order valence-corrected chi connectivity index (χ0v) is 19.4. The predicted octanol–water partition coefficient (Wildman–Crippen LogP) is 3.71. The van der Waals surface area contributed by atoms with E-state index in [0.717, 1.165) is 21.3 Å². The summed E-state index contributed by atoms with van der Waals surface area (Å²) >= 11 is 3.37. The molecule has 0 aliphatic carbocycles. The summed E-state index contributed by atoms with van der Waals surface area (Å²) in [5, 5.41) is 2.98. The van der Waals surface area contributed by atoms with E-state index in [1.54, 1.807) is 0 Å². The van der Waals surface area contributed by atoms with Crippen molar-refractivity contribution < 1.29 is 17.9 Å². The second-order valence-corrected chi connectivity index (χ2v) is 10.2. The van der Waals surface area contributed by atoms with Crippen molar-refractivity contribution in [2.24, 2.45) is 5.92 Å². The molecule has 1 heterocycles. The van der Waals surface area contributed by atoms with Gasteiger partial charge in [-0.05, 0) is 43.5 Å². The molecule has 3 rings (SSSR count). The molecular weight excluding hydrogens is 468 g/mol. The molecule has 1 saturated heterocycles. The Balaban J connectivity index is 1.52. The van der Waals surface area contributed by atoms with Crippen LogP contribution in [0.4, 0.5) is 0 Å². The Morgan fingerprint density at radius 2 is 1.90 bits per heavy atom. The third-order valence-electron chi connectivity index (χ3n) is 5.18. The summed E-state index contributed by atoms with van der Waals surface area (Å²) in [6, 6.07) is 15.0. The number of carbonyl (C=O) groups excluding carboxylic acids is 1. The first kappa shape index (κ1) is 22.8. The minimum Gasteiger partial charge on any atom is -0.494 e. The first-order valence-corrected chi connectivity index (χ1v) is 12.5. The molecule has 1 amide bonds. The lowest BCUT2D eigenvalue weighted by Gasteiger charge is -2.30. The molecule has 0 unspecified atom stereocenters. The second kappa shape index (κ2) is 10.4. The third-order valence-corrected chi connectivity index (χ3v) is 7.53. The van der Waals surface area contributed by atoms with Crippen molar-refractivity contribution >= 4 is 31.9 Å². The van der Waals surface area contributed by atoms with E-state index < -0.39 is 10.0 Å². The van der Waals surface area contributed by atoms with Gasteiger partial charge in [0.05, 0.1) is 12.4 Å². The van der Waals surface area contributed by atoms with Crippen LogP contribution in [0.15, 0.2) is 53.0 Å². The lowest BCUT2D eigenvalue weighted by Crippen LogP contribution is -2.43. The number of nitrogens with zero attached hydrogens (tertiary/aromatic N) is 1. The highest BCUT2D eigenvalue weighted by atomic mass is 79.9. The number of sulfonamides is 1. The Hall–Kier alpha value is -1.90. The molecule has 162 valence electrons. The number of hydrogen-bond donors (Lipinski definition) is 1. The summed E-state index contributed by atoms with van der Waals surface area (Å²) in [5.74, 6) is 0.526. The lowest BCUT2D eigenvalue weighted by atomic mass is 9.97. The van der Waals surface area contributed by atoms with Gasteiger partial charge in [-0.25, -0.2) is 12.7 Å². The van der Waals surface area contributed by atoms with Gasteiger partial charge in [-0.3, -0.25) is 4.79 Å². The van der Waals surface area contributed by atoms with Crippen LogP contribution < -0.4 is 10.1 Å². The van der Waals surface area contributed by atoms with Gasteiger partial charge >= 0.3 is 0 Å². The van der Waals surface area contributed by atoms with Gasteiger partial charge in [0.1, 0.15) is 5.75 Å². The molecule has 2 aromatic rings. The smallest absolute Gasteiger partial charge is 0.223 e. The number of amides is 1. The Morgan fingerprint density at radius 1 is 1.17 bits per heavy atom. The average Bonchev–Trinajstić information content (AvgIpc) is 2.73. The largest absolute Gasteiger partial charge is 0.494 e. The van der Waals surface area contributed by atoms with E-state index in [2.05, 4.69) is 21.2 Å². The molecular formula is C22H27BrN2O4S. The fraction of sp³-hybridized carbons (Fsp3) is 0.409. The van der Waals surface area contributed by atoms with Crippen molar-refractivity contribution in [3.8, 4) is 5.75 Å². The molecule has 6 nitrogen and oxygen atoms in total. The molecule has 1 aliphatic rings. The van der Waals surface area contributed by atoms with E-state index >= 15 is 0 Å². The number of rotatable bonds is 8. The number of hydrogen-bond acceptors (Lipinski definition) is 4. The molecule has 1 fully saturated rings. The summed E-state index contributed by atoms with van der Waals surface area (Å²) < 4.78 is 33.5. The van der Waals surface area contributed by atoms with E-state index in [1.165, 1.54) is 4.31 Å². The molecule has 0 radical (unpaired) electrons. The molecule has 0 saturated carbocycles. The molecule has 1 N–H and O–H groups in total. The quantitative estimate of drug-likeness (QED) is 0.606. The molecule has 2 aromatic carbocycles. The highest BCUT2D eigenvalue weighted by Crippen LogP contribution is 2.23. The minimum absolute atomic E-state index is 0.0302. The van der Waals surface area contributed by atoms with Crippen molar-refractivity contribution in [2.45, 2.75) is 32.1 Å². The molecule has 30 heavy (non-hydrogen) atoms. The van der Waals surface area contributed by atoms with Crippen LogP contribution in [0.3, 0.4) is 0 Å². The van der Waals surface area contributed by atoms with Crippen LogP contribution in [0, 0.1) is 5.92 Å². The first-order chi connectivity index (χ1) is 14.4. The van der Waals surface area contributed by atoms with Crippen LogP contribution in [0.1, 0.15) is 30.9 Å². The number of para-hydroxylation sites is 1. The second-order valence-electron chi connectivity index (χ2n) is 7.32. The standard InChI is InChI=1S/C22H27BrN2O4S/c1-2-29-21-9-4-3-7-19(21)15-24-22(26)18-10-12-25(13-11-18)30(27,28)16-17-6-5-8-20(23)14-17/h3-9,14,18H,2,10-13,15-16H2,1H3,(H,24,26). The molecule has 0 spiro atoms. The van der Waals surface area contributed by atoms with Gasteiger partial charge < -0.3 is 10.1 Å². The number of piperidine rings is 1. The Kier molecular flexibility index (Phi) is 7.91. The van der Waals surface area contributed by atoms with Crippen LogP contribution >= 0.6 is 15.9 Å². The van der Waals surface area contributed by atoms with Crippen LogP contribution in [-0.4, -0.2) is 38.3 Å². The van der Waals surface area contributed by atoms with E-state index in [4.69, 9.17) is 4.74 Å². The van der Waals surface area contributed by atoms with Crippen molar-refractivity contribution in [3.63, 3.8) is 0 Å². The maximum atomic E-state index is 12.7. The van der Waals surface area contributed by atoms with Crippen molar-refractivity contribution in [1.29, 1.82) is 0 Å². The highest BCUT2D eigenvalue weighted by Gasteiger charge is 2.31. The summed E-state index contributed by atoms with van der Waals surface area (Å²) in [6.07, 6.45) is 1.05. The van der Waals surface area contributed by atoms with Gasteiger partial charge in [0, 0.05) is 35.6 Å². The number of benzene rings is 2. The van der Waals surface area contributed by atoms with Gasteiger partial charge in [0.2, 0.25) is 15.9 Å². The zero-order valence-electron chi connectivity index (χ0n) is 17.0. The van der Waals surface area contributed by atoms with Gasteiger partial charge in [-0.1, -0.05) is 46.3 Å². The minimum atomic E-state index is -3.41. The van der Waals surface area contributed by atoms with Crippen LogP contribution in [0.5, 0.6) is 5.75 Å². The zero-order chi connectivity index (χ0) is 21.6. The molecule has 0 aromatic heterocycles. The van der Waals surface area contributed by atoms with E-state index in [0.29, 0.717) is 39.1 Å². The number of ether oxygens (including phenoxy) is 1. The Labute approximate surface area is 186 Å². The summed E-state index contributed by atoms with van der Waals surface area (Å²) in [4.78, 5) is 12.6. The van der Waals surface area contributed by atoms with Gasteiger partial charge in [-0.2, -0.15) is 0 Å². The average molecular weight is 495 g/mol. The van der Waals surface area contributed by atoms with Crippen LogP contribution in [0.2, 0.25) is 0 Å². The van der Waals surface area contributed by atoms with Gasteiger partial charge in [0.25, 0.3) is 0 Å². The fourth-order valence-corrected chi connectivity index (χ4v) is 5.59. The maximum Gasteiger partial charge on any atom is 0.223 e. The molecule has 8 heteroatoms. The molecule has 1 aliphatic heterocycles. The first-order valence-electron chi connectivity index (χ1n) is 10.1. The van der Waals surface area contributed by atoms with Gasteiger partial charge in [-0.15, -0.1) is 0 Å². The van der Waals surface area contributed by atoms with Gasteiger partial charge in [0.15, 0.2) is 0 Å². The highest BCUT2D eigenvalue weighted by molar-refractivity contribution is 9.10. The van der Waals surface area contributed by atoms with Crippen molar-refractivity contribution in [2.75, 3.05) is 19.7 Å². The van der Waals surface area contributed by atoms with Crippen molar-refractivity contribution in [1.82, 2.24) is 9.62 Å². The summed E-state index contributed by atoms with van der Waals surface area (Å²) in [7, 11) is -3.41. The van der Waals surface area contributed by atoms with Crippen LogP contribution in [-0.2, 0) is 27.1 Å². The Bertz CT molecular complexity index is 973. The summed E-state index contributed by atoms with van der Waals surface area (Å²) in [5.41, 5.74) is 1.68. The summed E-state index contributed by atoms with van der Waals surface area (Å²) in [6.45, 7) is 3.62. The normalized spacial score (nSPS) is 15.7. The number of halogens is 1. The van der Waals surface area contributed by atoms with E-state index in [1.807, 2.05) is 55.5 Å². The lowest BCUT2D eigenvalue weighted by molar-refractivity contribution is -0.126. The predicted molar refractivity (Wildman–Crippen MR) is 121 cm³/mol.